The second kappa shape index (κ2) is 4.14. The van der Waals surface area contributed by atoms with E-state index in [-0.39, 0.29) is 0 Å². The van der Waals surface area contributed by atoms with Gasteiger partial charge in [-0.15, -0.1) is 0 Å². The van der Waals surface area contributed by atoms with Crippen LogP contribution in [0.25, 0.3) is 0 Å². The van der Waals surface area contributed by atoms with E-state index in [4.69, 9.17) is 11.6 Å². The number of aldehydes is 1. The lowest BCUT2D eigenvalue weighted by Gasteiger charge is -2.24. The lowest BCUT2D eigenvalue weighted by molar-refractivity contribution is -0.108. The first-order chi connectivity index (χ1) is 6.81. The van der Waals surface area contributed by atoms with Crippen molar-refractivity contribution < 1.29 is 4.79 Å². The number of hydrogen-bond donors (Lipinski definition) is 0. The van der Waals surface area contributed by atoms with E-state index in [9.17, 15) is 4.79 Å². The van der Waals surface area contributed by atoms with Crippen molar-refractivity contribution in [3.63, 3.8) is 0 Å². The van der Waals surface area contributed by atoms with Crippen LogP contribution in [-0.2, 0) is 11.2 Å². The van der Waals surface area contributed by atoms with Gasteiger partial charge in [0.2, 0.25) is 0 Å². The summed E-state index contributed by atoms with van der Waals surface area (Å²) in [5, 5.41) is 0.779. The summed E-state index contributed by atoms with van der Waals surface area (Å²) in [6, 6.07) is 6.04. The molecule has 0 bridgehead atoms. The van der Waals surface area contributed by atoms with E-state index < -0.39 is 0 Å². The SMILES string of the molecule is O=CCC1CCCc2ccc(Cl)cc21. The molecule has 0 amide bonds. The highest BCUT2D eigenvalue weighted by molar-refractivity contribution is 6.30. The van der Waals surface area contributed by atoms with Gasteiger partial charge in [0.15, 0.2) is 0 Å². The smallest absolute Gasteiger partial charge is 0.120 e. The molecule has 74 valence electrons. The summed E-state index contributed by atoms with van der Waals surface area (Å²) >= 11 is 5.95. The van der Waals surface area contributed by atoms with Crippen LogP contribution in [0, 0.1) is 0 Å². The van der Waals surface area contributed by atoms with Crippen molar-refractivity contribution >= 4 is 17.9 Å². The molecule has 2 rings (SSSR count). The van der Waals surface area contributed by atoms with Gasteiger partial charge in [0.25, 0.3) is 0 Å². The van der Waals surface area contributed by atoms with E-state index in [2.05, 4.69) is 6.07 Å². The zero-order chi connectivity index (χ0) is 9.97. The molecule has 2 heteroatoms. The van der Waals surface area contributed by atoms with Crippen LogP contribution < -0.4 is 0 Å². The predicted molar refractivity (Wildman–Crippen MR) is 57.8 cm³/mol. The third-order valence-corrected chi connectivity index (χ3v) is 3.16. The van der Waals surface area contributed by atoms with Gasteiger partial charge in [-0.1, -0.05) is 17.7 Å². The number of carbonyl (C=O) groups is 1. The summed E-state index contributed by atoms with van der Waals surface area (Å²) in [5.41, 5.74) is 2.66. The molecule has 14 heavy (non-hydrogen) atoms. The number of rotatable bonds is 2. The number of benzene rings is 1. The third kappa shape index (κ3) is 1.83. The molecule has 1 aromatic rings. The minimum Gasteiger partial charge on any atom is -0.303 e. The minimum absolute atomic E-state index is 0.398. The monoisotopic (exact) mass is 208 g/mol. The van der Waals surface area contributed by atoms with Crippen LogP contribution in [0.4, 0.5) is 0 Å². The van der Waals surface area contributed by atoms with Gasteiger partial charge in [-0.2, -0.15) is 0 Å². The van der Waals surface area contributed by atoms with E-state index >= 15 is 0 Å². The Bertz CT molecular complexity index is 346. The molecule has 0 saturated heterocycles. The first-order valence-electron chi connectivity index (χ1n) is 5.03. The number of fused-ring (bicyclic) bond motifs is 1. The van der Waals surface area contributed by atoms with E-state index in [1.165, 1.54) is 17.5 Å². The summed E-state index contributed by atoms with van der Waals surface area (Å²) in [4.78, 5) is 10.5. The number of carbonyl (C=O) groups excluding carboxylic acids is 1. The first kappa shape index (κ1) is 9.72. The van der Waals surface area contributed by atoms with E-state index in [1.54, 1.807) is 0 Å². The number of aryl methyl sites for hydroxylation is 1. The van der Waals surface area contributed by atoms with E-state index in [1.807, 2.05) is 12.1 Å². The van der Waals surface area contributed by atoms with Gasteiger partial charge in [0.05, 0.1) is 0 Å². The zero-order valence-corrected chi connectivity index (χ0v) is 8.76. The summed E-state index contributed by atoms with van der Waals surface area (Å²) in [5.74, 6) is 0.398. The van der Waals surface area contributed by atoms with Crippen molar-refractivity contribution in [2.45, 2.75) is 31.6 Å². The van der Waals surface area contributed by atoms with Gasteiger partial charge in [0, 0.05) is 11.4 Å². The average molecular weight is 209 g/mol. The predicted octanol–water partition coefficient (Wildman–Crippen LogP) is 3.35. The van der Waals surface area contributed by atoms with Crippen molar-refractivity contribution in [2.24, 2.45) is 0 Å². The molecular weight excluding hydrogens is 196 g/mol. The number of halogens is 1. The lowest BCUT2D eigenvalue weighted by atomic mass is 9.81. The molecule has 1 nitrogen and oxygen atoms in total. The highest BCUT2D eigenvalue weighted by Gasteiger charge is 2.19. The molecule has 1 aromatic carbocycles. The van der Waals surface area contributed by atoms with Gasteiger partial charge >= 0.3 is 0 Å². The quantitative estimate of drug-likeness (QED) is 0.682. The Kier molecular flexibility index (Phi) is 2.87. The Labute approximate surface area is 89.1 Å². The summed E-state index contributed by atoms with van der Waals surface area (Å²) in [6.45, 7) is 0. The summed E-state index contributed by atoms with van der Waals surface area (Å²) < 4.78 is 0. The fraction of sp³-hybridized carbons (Fsp3) is 0.417. The van der Waals surface area contributed by atoms with E-state index in [0.29, 0.717) is 12.3 Å². The summed E-state index contributed by atoms with van der Waals surface area (Å²) in [7, 11) is 0. The summed E-state index contributed by atoms with van der Waals surface area (Å²) in [6.07, 6.45) is 5.08. The Hall–Kier alpha value is -0.820. The molecule has 0 saturated carbocycles. The topological polar surface area (TPSA) is 17.1 Å². The van der Waals surface area contributed by atoms with Crippen LogP contribution in [-0.4, -0.2) is 6.29 Å². The molecule has 1 aliphatic carbocycles. The maximum absolute atomic E-state index is 10.5. The van der Waals surface area contributed by atoms with Crippen molar-refractivity contribution in [3.05, 3.63) is 34.3 Å². The Balaban J connectivity index is 2.36. The van der Waals surface area contributed by atoms with Gasteiger partial charge in [0.1, 0.15) is 6.29 Å². The van der Waals surface area contributed by atoms with Crippen LogP contribution in [0.3, 0.4) is 0 Å². The normalized spacial score (nSPS) is 20.2. The molecule has 0 radical (unpaired) electrons. The van der Waals surface area contributed by atoms with Crippen LogP contribution in [0.5, 0.6) is 0 Å². The fourth-order valence-corrected chi connectivity index (χ4v) is 2.41. The van der Waals surface area contributed by atoms with Crippen LogP contribution in [0.15, 0.2) is 18.2 Å². The molecular formula is C12H13ClO. The fourth-order valence-electron chi connectivity index (χ4n) is 2.23. The highest BCUT2D eigenvalue weighted by atomic mass is 35.5. The molecule has 0 aliphatic heterocycles. The maximum atomic E-state index is 10.5. The third-order valence-electron chi connectivity index (χ3n) is 2.93. The Morgan fingerprint density at radius 2 is 2.36 bits per heavy atom. The van der Waals surface area contributed by atoms with Gasteiger partial charge in [-0.3, -0.25) is 0 Å². The molecule has 0 fully saturated rings. The molecule has 0 aromatic heterocycles. The lowest BCUT2D eigenvalue weighted by Crippen LogP contribution is -2.10. The molecule has 1 aliphatic rings. The molecule has 0 spiro atoms. The van der Waals surface area contributed by atoms with Crippen LogP contribution in [0.2, 0.25) is 5.02 Å². The molecule has 1 unspecified atom stereocenters. The minimum atomic E-state index is 0.398. The van der Waals surface area contributed by atoms with Crippen molar-refractivity contribution in [2.75, 3.05) is 0 Å². The number of hydrogen-bond acceptors (Lipinski definition) is 1. The second-order valence-electron chi connectivity index (χ2n) is 3.83. The van der Waals surface area contributed by atoms with E-state index in [0.717, 1.165) is 24.2 Å². The van der Waals surface area contributed by atoms with Gasteiger partial charge in [-0.25, -0.2) is 0 Å². The average Bonchev–Trinajstić information content (AvgIpc) is 2.19. The van der Waals surface area contributed by atoms with Gasteiger partial charge < -0.3 is 4.79 Å². The molecule has 1 atom stereocenters. The van der Waals surface area contributed by atoms with Gasteiger partial charge in [-0.05, 0) is 48.4 Å². The highest BCUT2D eigenvalue weighted by Crippen LogP contribution is 2.34. The van der Waals surface area contributed by atoms with Crippen molar-refractivity contribution in [3.8, 4) is 0 Å². The zero-order valence-electron chi connectivity index (χ0n) is 8.00. The van der Waals surface area contributed by atoms with Crippen molar-refractivity contribution in [1.29, 1.82) is 0 Å². The standard InChI is InChI=1S/C12H13ClO/c13-11-5-4-9-2-1-3-10(6-7-14)12(9)8-11/h4-5,7-8,10H,1-3,6H2. The van der Waals surface area contributed by atoms with Crippen molar-refractivity contribution in [1.82, 2.24) is 0 Å². The largest absolute Gasteiger partial charge is 0.303 e. The maximum Gasteiger partial charge on any atom is 0.120 e. The molecule has 0 heterocycles. The second-order valence-corrected chi connectivity index (χ2v) is 4.27. The first-order valence-corrected chi connectivity index (χ1v) is 5.41. The Morgan fingerprint density at radius 3 is 3.14 bits per heavy atom. The Morgan fingerprint density at radius 1 is 1.50 bits per heavy atom. The molecule has 0 N–H and O–H groups in total. The van der Waals surface area contributed by atoms with Crippen LogP contribution in [0.1, 0.15) is 36.3 Å². The van der Waals surface area contributed by atoms with Crippen LogP contribution >= 0.6 is 11.6 Å².